The summed E-state index contributed by atoms with van der Waals surface area (Å²) in [6.45, 7) is 5.24. The summed E-state index contributed by atoms with van der Waals surface area (Å²) in [5.41, 5.74) is 8.29. The molecule has 0 saturated heterocycles. The Labute approximate surface area is 160 Å². The summed E-state index contributed by atoms with van der Waals surface area (Å²) >= 11 is 0. The zero-order valence-electron chi connectivity index (χ0n) is 15.7. The predicted molar refractivity (Wildman–Crippen MR) is 101 cm³/mol. The molecule has 3 aromatic rings. The van der Waals surface area contributed by atoms with E-state index in [2.05, 4.69) is 4.98 Å². The van der Waals surface area contributed by atoms with Gasteiger partial charge in [0, 0.05) is 23.5 Å². The highest BCUT2D eigenvalue weighted by atomic mass is 19.1. The van der Waals surface area contributed by atoms with E-state index in [0.717, 1.165) is 4.90 Å². The number of hydrogen-bond donors (Lipinski definition) is 1. The molecule has 8 heteroatoms. The number of imidazole rings is 1. The van der Waals surface area contributed by atoms with Crippen LogP contribution in [0.1, 0.15) is 36.7 Å². The SMILES string of the molecule is CC(C)(C)OC(=O)N1Cc2c(-c3cnc4cc(F)ccn34)ccc(N)c2C1=O. The maximum atomic E-state index is 13.5. The van der Waals surface area contributed by atoms with Gasteiger partial charge in [0.05, 0.1) is 24.0 Å². The molecule has 2 N–H and O–H groups in total. The normalized spacial score (nSPS) is 13.9. The summed E-state index contributed by atoms with van der Waals surface area (Å²) in [5, 5.41) is 0. The summed E-state index contributed by atoms with van der Waals surface area (Å²) in [6, 6.07) is 6.04. The lowest BCUT2D eigenvalue weighted by molar-refractivity contribution is 0.0248. The third-order valence-electron chi connectivity index (χ3n) is 4.49. The van der Waals surface area contributed by atoms with Gasteiger partial charge in [-0.1, -0.05) is 6.07 Å². The second-order valence-electron chi connectivity index (χ2n) is 7.64. The van der Waals surface area contributed by atoms with Gasteiger partial charge in [-0.05, 0) is 38.5 Å². The molecule has 3 heterocycles. The minimum atomic E-state index is -0.730. The van der Waals surface area contributed by atoms with Crippen molar-refractivity contribution >= 4 is 23.3 Å². The third-order valence-corrected chi connectivity index (χ3v) is 4.49. The van der Waals surface area contributed by atoms with Crippen molar-refractivity contribution in [2.45, 2.75) is 32.9 Å². The van der Waals surface area contributed by atoms with Crippen LogP contribution in [0.5, 0.6) is 0 Å². The molecule has 0 aliphatic carbocycles. The quantitative estimate of drug-likeness (QED) is 0.649. The Hall–Kier alpha value is -3.42. The van der Waals surface area contributed by atoms with Crippen LogP contribution in [0.3, 0.4) is 0 Å². The predicted octanol–water partition coefficient (Wildman–Crippen LogP) is 3.61. The van der Waals surface area contributed by atoms with Crippen LogP contribution < -0.4 is 5.73 Å². The van der Waals surface area contributed by atoms with E-state index >= 15 is 0 Å². The van der Waals surface area contributed by atoms with Crippen molar-refractivity contribution in [3.05, 3.63) is 53.6 Å². The first-order valence-electron chi connectivity index (χ1n) is 8.75. The average molecular weight is 382 g/mol. The number of rotatable bonds is 1. The number of nitrogen functional groups attached to an aromatic ring is 1. The molecule has 0 atom stereocenters. The highest BCUT2D eigenvalue weighted by molar-refractivity contribution is 6.11. The minimum Gasteiger partial charge on any atom is -0.443 e. The molecule has 0 radical (unpaired) electrons. The molecule has 1 aliphatic rings. The van der Waals surface area contributed by atoms with Gasteiger partial charge in [-0.25, -0.2) is 19.1 Å². The molecule has 4 rings (SSSR count). The lowest BCUT2D eigenvalue weighted by Gasteiger charge is -2.23. The molecular formula is C20H19FN4O3. The van der Waals surface area contributed by atoms with Crippen molar-refractivity contribution in [1.82, 2.24) is 14.3 Å². The molecule has 1 aliphatic heterocycles. The Kier molecular flexibility index (Phi) is 3.88. The zero-order valence-corrected chi connectivity index (χ0v) is 15.7. The van der Waals surface area contributed by atoms with E-state index in [-0.39, 0.29) is 17.8 Å². The van der Waals surface area contributed by atoms with Crippen molar-refractivity contribution in [3.63, 3.8) is 0 Å². The Morgan fingerprint density at radius 3 is 2.75 bits per heavy atom. The summed E-state index contributed by atoms with van der Waals surface area (Å²) in [6.07, 6.45) is 2.44. The van der Waals surface area contributed by atoms with Crippen LogP contribution in [-0.2, 0) is 11.3 Å². The summed E-state index contributed by atoms with van der Waals surface area (Å²) in [4.78, 5) is 30.6. The van der Waals surface area contributed by atoms with E-state index in [9.17, 15) is 14.0 Å². The Morgan fingerprint density at radius 2 is 2.04 bits per heavy atom. The molecule has 0 unspecified atom stereocenters. The van der Waals surface area contributed by atoms with Gasteiger partial charge in [0.25, 0.3) is 5.91 Å². The fourth-order valence-electron chi connectivity index (χ4n) is 3.31. The van der Waals surface area contributed by atoms with Crippen molar-refractivity contribution in [1.29, 1.82) is 0 Å². The molecular weight excluding hydrogens is 363 g/mol. The molecule has 0 spiro atoms. The molecule has 2 amide bonds. The first-order chi connectivity index (χ1) is 13.2. The highest BCUT2D eigenvalue weighted by Crippen LogP contribution is 2.36. The van der Waals surface area contributed by atoms with Gasteiger partial charge in [-0.3, -0.25) is 9.20 Å². The fourth-order valence-corrected chi connectivity index (χ4v) is 3.31. The standard InChI is InChI=1S/C20H19FN4O3/c1-20(2,3)28-19(27)25-10-13-12(4-5-14(22)17(13)18(25)26)15-9-23-16-8-11(21)6-7-24(15)16/h4-9H,10,22H2,1-3H3. The fraction of sp³-hybridized carbons (Fsp3) is 0.250. The number of aromatic nitrogens is 2. The van der Waals surface area contributed by atoms with E-state index in [1.54, 1.807) is 49.7 Å². The van der Waals surface area contributed by atoms with Crippen molar-refractivity contribution in [2.75, 3.05) is 5.73 Å². The van der Waals surface area contributed by atoms with Crippen LogP contribution in [0.15, 0.2) is 36.7 Å². The maximum Gasteiger partial charge on any atom is 0.417 e. The lowest BCUT2D eigenvalue weighted by atomic mass is 9.99. The molecule has 2 aromatic heterocycles. The number of fused-ring (bicyclic) bond motifs is 2. The van der Waals surface area contributed by atoms with Crippen molar-refractivity contribution in [2.24, 2.45) is 0 Å². The lowest BCUT2D eigenvalue weighted by Crippen LogP contribution is -2.37. The van der Waals surface area contributed by atoms with Crippen LogP contribution in [-0.4, -0.2) is 31.9 Å². The van der Waals surface area contributed by atoms with Crippen LogP contribution in [0.25, 0.3) is 16.9 Å². The summed E-state index contributed by atoms with van der Waals surface area (Å²) in [7, 11) is 0. The zero-order chi connectivity index (χ0) is 20.2. The number of amides is 2. The van der Waals surface area contributed by atoms with E-state index in [0.29, 0.717) is 22.5 Å². The number of carbonyl (C=O) groups excluding carboxylic acids is 2. The maximum absolute atomic E-state index is 13.5. The third kappa shape index (κ3) is 2.87. The Balaban J connectivity index is 1.81. The number of ether oxygens (including phenoxy) is 1. The van der Waals surface area contributed by atoms with E-state index in [1.807, 2.05) is 0 Å². The molecule has 0 saturated carbocycles. The number of anilines is 1. The van der Waals surface area contributed by atoms with Gasteiger partial charge >= 0.3 is 6.09 Å². The summed E-state index contributed by atoms with van der Waals surface area (Å²) < 4.78 is 20.5. The number of carbonyl (C=O) groups is 2. The van der Waals surface area contributed by atoms with Gasteiger partial charge in [0.15, 0.2) is 0 Å². The topological polar surface area (TPSA) is 89.9 Å². The molecule has 28 heavy (non-hydrogen) atoms. The van der Waals surface area contributed by atoms with Crippen LogP contribution in [0, 0.1) is 5.82 Å². The average Bonchev–Trinajstić information content (AvgIpc) is 3.15. The van der Waals surface area contributed by atoms with Gasteiger partial charge in [-0.2, -0.15) is 0 Å². The monoisotopic (exact) mass is 382 g/mol. The number of halogens is 1. The number of benzene rings is 1. The Morgan fingerprint density at radius 1 is 1.29 bits per heavy atom. The van der Waals surface area contributed by atoms with Gasteiger partial charge in [0.2, 0.25) is 0 Å². The second kappa shape index (κ2) is 6.05. The summed E-state index contributed by atoms with van der Waals surface area (Å²) in [5.74, 6) is -0.887. The van der Waals surface area contributed by atoms with Crippen LogP contribution in [0.4, 0.5) is 14.9 Å². The number of pyridine rings is 1. The first kappa shape index (κ1) is 18.0. The second-order valence-corrected chi connectivity index (χ2v) is 7.64. The van der Waals surface area contributed by atoms with Gasteiger partial charge in [-0.15, -0.1) is 0 Å². The van der Waals surface area contributed by atoms with Crippen LogP contribution in [0.2, 0.25) is 0 Å². The van der Waals surface area contributed by atoms with E-state index in [1.165, 1.54) is 12.1 Å². The number of nitrogens with two attached hydrogens (primary N) is 1. The van der Waals surface area contributed by atoms with Crippen molar-refractivity contribution in [3.8, 4) is 11.3 Å². The van der Waals surface area contributed by atoms with Crippen LogP contribution >= 0.6 is 0 Å². The number of imide groups is 1. The first-order valence-corrected chi connectivity index (χ1v) is 8.75. The smallest absolute Gasteiger partial charge is 0.417 e. The molecule has 0 bridgehead atoms. The minimum absolute atomic E-state index is 0.0396. The number of nitrogens with zero attached hydrogens (tertiary/aromatic N) is 3. The molecule has 1 aromatic carbocycles. The molecule has 7 nitrogen and oxygen atoms in total. The Bertz CT molecular complexity index is 1130. The molecule has 0 fully saturated rings. The largest absolute Gasteiger partial charge is 0.443 e. The highest BCUT2D eigenvalue weighted by Gasteiger charge is 2.38. The van der Waals surface area contributed by atoms with E-state index in [4.69, 9.17) is 10.5 Å². The number of hydrogen-bond acceptors (Lipinski definition) is 5. The van der Waals surface area contributed by atoms with Gasteiger partial charge in [0.1, 0.15) is 17.1 Å². The van der Waals surface area contributed by atoms with Gasteiger partial charge < -0.3 is 10.5 Å². The van der Waals surface area contributed by atoms with E-state index < -0.39 is 23.4 Å². The molecule has 144 valence electrons. The van der Waals surface area contributed by atoms with Crippen molar-refractivity contribution < 1.29 is 18.7 Å².